The molecule has 0 saturated carbocycles. The SMILES string of the molecule is CC(Sc1nnc(-c2cccs2)n1Cc1ccccc1)C(=O)Nc1ccc2c(c1)OCCO2. The number of amides is 1. The molecule has 1 atom stereocenters. The van der Waals surface area contributed by atoms with Crippen LogP contribution in [0.15, 0.2) is 71.2 Å². The molecule has 0 saturated heterocycles. The fraction of sp³-hybridized carbons (Fsp3) is 0.208. The quantitative estimate of drug-likeness (QED) is 0.379. The topological polar surface area (TPSA) is 78.3 Å². The lowest BCUT2D eigenvalue weighted by Crippen LogP contribution is -2.23. The Balaban J connectivity index is 1.34. The van der Waals surface area contributed by atoms with Gasteiger partial charge in [-0.05, 0) is 36.1 Å². The molecule has 2 aromatic heterocycles. The number of aromatic nitrogens is 3. The number of fused-ring (bicyclic) bond motifs is 1. The standard InChI is InChI=1S/C24H22N4O3S2/c1-16(23(29)25-18-9-10-19-20(14-18)31-12-11-30-19)33-24-27-26-22(21-8-5-13-32-21)28(24)15-17-6-3-2-4-7-17/h2-10,13-14,16H,11-12,15H2,1H3,(H,25,29). The lowest BCUT2D eigenvalue weighted by atomic mass is 10.2. The van der Waals surface area contributed by atoms with E-state index in [1.165, 1.54) is 11.8 Å². The van der Waals surface area contributed by atoms with Gasteiger partial charge in [0, 0.05) is 11.8 Å². The first-order chi connectivity index (χ1) is 16.2. The number of nitrogens with one attached hydrogen (secondary N) is 1. The number of rotatable bonds is 7. The highest BCUT2D eigenvalue weighted by molar-refractivity contribution is 8.00. The van der Waals surface area contributed by atoms with Gasteiger partial charge in [-0.2, -0.15) is 0 Å². The second kappa shape index (κ2) is 9.68. The van der Waals surface area contributed by atoms with E-state index in [1.807, 2.05) is 54.8 Å². The van der Waals surface area contributed by atoms with Crippen molar-refractivity contribution in [3.05, 3.63) is 71.6 Å². The number of carbonyl (C=O) groups excluding carboxylic acids is 1. The average molecular weight is 479 g/mol. The molecule has 1 aliphatic rings. The van der Waals surface area contributed by atoms with Gasteiger partial charge in [-0.1, -0.05) is 48.2 Å². The van der Waals surface area contributed by atoms with Crippen LogP contribution in [0.3, 0.4) is 0 Å². The Morgan fingerprint density at radius 2 is 1.91 bits per heavy atom. The Bertz CT molecular complexity index is 1240. The van der Waals surface area contributed by atoms with Gasteiger partial charge in [0.25, 0.3) is 0 Å². The second-order valence-electron chi connectivity index (χ2n) is 7.46. The molecule has 0 bridgehead atoms. The molecule has 0 spiro atoms. The Morgan fingerprint density at radius 1 is 1.09 bits per heavy atom. The van der Waals surface area contributed by atoms with E-state index in [0.717, 1.165) is 16.3 Å². The molecule has 5 rings (SSSR count). The maximum absolute atomic E-state index is 12.9. The third kappa shape index (κ3) is 4.89. The lowest BCUT2D eigenvalue weighted by molar-refractivity contribution is -0.115. The fourth-order valence-electron chi connectivity index (χ4n) is 3.45. The van der Waals surface area contributed by atoms with Crippen LogP contribution in [0.1, 0.15) is 12.5 Å². The summed E-state index contributed by atoms with van der Waals surface area (Å²) >= 11 is 3.01. The zero-order valence-electron chi connectivity index (χ0n) is 17.9. The van der Waals surface area contributed by atoms with Crippen LogP contribution in [-0.4, -0.2) is 39.1 Å². The van der Waals surface area contributed by atoms with Crippen molar-refractivity contribution in [1.29, 1.82) is 0 Å². The van der Waals surface area contributed by atoms with Gasteiger partial charge < -0.3 is 14.8 Å². The summed E-state index contributed by atoms with van der Waals surface area (Å²) in [7, 11) is 0. The van der Waals surface area contributed by atoms with Crippen LogP contribution >= 0.6 is 23.1 Å². The highest BCUT2D eigenvalue weighted by Gasteiger charge is 2.22. The third-order valence-electron chi connectivity index (χ3n) is 5.10. The number of benzene rings is 2. The minimum absolute atomic E-state index is 0.122. The zero-order chi connectivity index (χ0) is 22.6. The van der Waals surface area contributed by atoms with E-state index in [1.54, 1.807) is 17.4 Å². The zero-order valence-corrected chi connectivity index (χ0v) is 19.6. The van der Waals surface area contributed by atoms with Gasteiger partial charge in [-0.3, -0.25) is 9.36 Å². The van der Waals surface area contributed by atoms with Gasteiger partial charge in [0.05, 0.1) is 16.7 Å². The van der Waals surface area contributed by atoms with Crippen molar-refractivity contribution < 1.29 is 14.3 Å². The van der Waals surface area contributed by atoms with Gasteiger partial charge in [0.2, 0.25) is 5.91 Å². The van der Waals surface area contributed by atoms with Gasteiger partial charge in [-0.15, -0.1) is 21.5 Å². The molecule has 0 aliphatic carbocycles. The van der Waals surface area contributed by atoms with E-state index in [2.05, 4.69) is 32.2 Å². The molecule has 1 unspecified atom stereocenters. The summed E-state index contributed by atoms with van der Waals surface area (Å²) in [6.07, 6.45) is 0. The number of hydrogen-bond donors (Lipinski definition) is 1. The monoisotopic (exact) mass is 478 g/mol. The van der Waals surface area contributed by atoms with Gasteiger partial charge >= 0.3 is 0 Å². The molecule has 9 heteroatoms. The predicted molar refractivity (Wildman–Crippen MR) is 130 cm³/mol. The summed E-state index contributed by atoms with van der Waals surface area (Å²) in [5.41, 5.74) is 1.81. The summed E-state index contributed by atoms with van der Waals surface area (Å²) in [6, 6.07) is 19.6. The summed E-state index contributed by atoms with van der Waals surface area (Å²) in [4.78, 5) is 14.0. The van der Waals surface area contributed by atoms with Gasteiger partial charge in [0.1, 0.15) is 13.2 Å². The maximum atomic E-state index is 12.9. The van der Waals surface area contributed by atoms with E-state index in [-0.39, 0.29) is 11.2 Å². The summed E-state index contributed by atoms with van der Waals surface area (Å²) < 4.78 is 13.2. The number of ether oxygens (including phenoxy) is 2. The molecular formula is C24H22N4O3S2. The number of anilines is 1. The minimum Gasteiger partial charge on any atom is -0.486 e. The smallest absolute Gasteiger partial charge is 0.237 e. The van der Waals surface area contributed by atoms with Crippen LogP contribution in [0.25, 0.3) is 10.7 Å². The molecule has 0 radical (unpaired) electrons. The molecule has 33 heavy (non-hydrogen) atoms. The van der Waals surface area contributed by atoms with E-state index >= 15 is 0 Å². The summed E-state index contributed by atoms with van der Waals surface area (Å²) in [5, 5.41) is 14.2. The maximum Gasteiger partial charge on any atom is 0.237 e. The Hall–Kier alpha value is -3.30. The first-order valence-electron chi connectivity index (χ1n) is 10.6. The van der Waals surface area contributed by atoms with Crippen LogP contribution in [0.4, 0.5) is 5.69 Å². The van der Waals surface area contributed by atoms with E-state index < -0.39 is 0 Å². The van der Waals surface area contributed by atoms with Crippen molar-refractivity contribution in [3.8, 4) is 22.2 Å². The van der Waals surface area contributed by atoms with Crippen LogP contribution in [0.5, 0.6) is 11.5 Å². The van der Waals surface area contributed by atoms with Crippen molar-refractivity contribution in [2.75, 3.05) is 18.5 Å². The van der Waals surface area contributed by atoms with Crippen molar-refractivity contribution >= 4 is 34.7 Å². The Labute approximate surface area is 199 Å². The van der Waals surface area contributed by atoms with Crippen LogP contribution < -0.4 is 14.8 Å². The summed E-state index contributed by atoms with van der Waals surface area (Å²) in [6.45, 7) is 3.52. The first-order valence-corrected chi connectivity index (χ1v) is 12.3. The Morgan fingerprint density at radius 3 is 2.70 bits per heavy atom. The molecule has 3 heterocycles. The number of thiophene rings is 1. The molecule has 168 valence electrons. The van der Waals surface area contributed by atoms with Crippen molar-refractivity contribution in [2.45, 2.75) is 23.9 Å². The molecule has 1 amide bonds. The molecule has 4 aromatic rings. The minimum atomic E-state index is -0.381. The summed E-state index contributed by atoms with van der Waals surface area (Å²) in [5.74, 6) is 2.01. The van der Waals surface area contributed by atoms with E-state index in [9.17, 15) is 4.79 Å². The van der Waals surface area contributed by atoms with Crippen molar-refractivity contribution in [2.24, 2.45) is 0 Å². The fourth-order valence-corrected chi connectivity index (χ4v) is 5.01. The first kappa shape index (κ1) is 21.5. The third-order valence-corrected chi connectivity index (χ3v) is 7.05. The normalized spacial score (nSPS) is 13.5. The number of carbonyl (C=O) groups is 1. The predicted octanol–water partition coefficient (Wildman–Crippen LogP) is 4.95. The van der Waals surface area contributed by atoms with Crippen LogP contribution in [0.2, 0.25) is 0 Å². The molecule has 1 N–H and O–H groups in total. The van der Waals surface area contributed by atoms with Crippen LogP contribution in [-0.2, 0) is 11.3 Å². The van der Waals surface area contributed by atoms with Gasteiger partial charge in [0.15, 0.2) is 22.5 Å². The van der Waals surface area contributed by atoms with E-state index in [4.69, 9.17) is 9.47 Å². The largest absolute Gasteiger partial charge is 0.486 e. The molecule has 1 aliphatic heterocycles. The number of thioether (sulfide) groups is 1. The molecule has 7 nitrogen and oxygen atoms in total. The van der Waals surface area contributed by atoms with Crippen molar-refractivity contribution in [1.82, 2.24) is 14.8 Å². The molecule has 0 fully saturated rings. The highest BCUT2D eigenvalue weighted by Crippen LogP contribution is 2.34. The number of hydrogen-bond acceptors (Lipinski definition) is 7. The average Bonchev–Trinajstić information content (AvgIpc) is 3.50. The van der Waals surface area contributed by atoms with Crippen LogP contribution in [0, 0.1) is 0 Å². The molecule has 2 aromatic carbocycles. The van der Waals surface area contributed by atoms with E-state index in [0.29, 0.717) is 42.1 Å². The number of nitrogens with zero attached hydrogens (tertiary/aromatic N) is 3. The molecular weight excluding hydrogens is 456 g/mol. The van der Waals surface area contributed by atoms with Crippen molar-refractivity contribution in [3.63, 3.8) is 0 Å². The second-order valence-corrected chi connectivity index (χ2v) is 9.72. The van der Waals surface area contributed by atoms with Gasteiger partial charge in [-0.25, -0.2) is 0 Å². The highest BCUT2D eigenvalue weighted by atomic mass is 32.2. The Kier molecular flexibility index (Phi) is 6.32. The lowest BCUT2D eigenvalue weighted by Gasteiger charge is -2.19.